The van der Waals surface area contributed by atoms with Crippen molar-refractivity contribution in [3.63, 3.8) is 0 Å². The molecule has 4 aromatic rings. The highest BCUT2D eigenvalue weighted by Crippen LogP contribution is 2.32. The lowest BCUT2D eigenvalue weighted by Crippen LogP contribution is -2.55. The number of hydrogen-bond acceptors (Lipinski definition) is 15. The van der Waals surface area contributed by atoms with Crippen molar-refractivity contribution < 1.29 is 58.3 Å². The van der Waals surface area contributed by atoms with Crippen LogP contribution in [-0.2, 0) is 66.9 Å². The molecule has 4 amide bonds. The van der Waals surface area contributed by atoms with Gasteiger partial charge in [0.15, 0.2) is 24.4 Å². The number of aliphatic hydroxyl groups excluding tert-OH is 2. The van der Waals surface area contributed by atoms with Gasteiger partial charge in [0.1, 0.15) is 11.7 Å². The summed E-state index contributed by atoms with van der Waals surface area (Å²) in [5.74, 6) is -3.22. The van der Waals surface area contributed by atoms with E-state index in [1.54, 1.807) is 113 Å². The van der Waals surface area contributed by atoms with Crippen molar-refractivity contribution in [3.05, 3.63) is 118 Å². The molecule has 4 atom stereocenters. The lowest BCUT2D eigenvalue weighted by Gasteiger charge is -2.34. The molecule has 20 heteroatoms. The number of benzene rings is 4. The Hall–Kier alpha value is -7.52. The van der Waals surface area contributed by atoms with Gasteiger partial charge in [0.2, 0.25) is 0 Å². The Morgan fingerprint density at radius 3 is 1.51 bits per heavy atom. The quantitative estimate of drug-likeness (QED) is 0.100. The van der Waals surface area contributed by atoms with Gasteiger partial charge in [-0.05, 0) is 111 Å². The molecule has 362 valence electrons. The minimum atomic E-state index is -1.75. The zero-order chi connectivity index (χ0) is 49.9. The van der Waals surface area contributed by atoms with Crippen LogP contribution in [0.4, 0.5) is 22.7 Å². The summed E-state index contributed by atoms with van der Waals surface area (Å²) in [4.78, 5) is 86.7. The Morgan fingerprint density at radius 2 is 1.10 bits per heavy atom. The number of amides is 4. The number of nitrogens with zero attached hydrogens (tertiary/aromatic N) is 4. The van der Waals surface area contributed by atoms with E-state index < -0.39 is 70.8 Å². The lowest BCUT2D eigenvalue weighted by molar-refractivity contribution is -0.150. The summed E-state index contributed by atoms with van der Waals surface area (Å²) >= 11 is 0. The van der Waals surface area contributed by atoms with E-state index in [0.717, 1.165) is 22.3 Å². The number of esters is 1. The molecular weight excluding hydrogens is 893 g/mol. The lowest BCUT2D eigenvalue weighted by atomic mass is 9.84. The van der Waals surface area contributed by atoms with Gasteiger partial charge in [-0.25, -0.2) is 0 Å². The number of morpholine rings is 2. The second kappa shape index (κ2) is 20.0. The second-order valence-corrected chi connectivity index (χ2v) is 17.7. The third kappa shape index (κ3) is 10.2. The normalized spacial score (nSPS) is 18.7. The van der Waals surface area contributed by atoms with Crippen LogP contribution >= 0.6 is 0 Å². The number of aliphatic carboxylic acids is 1. The minimum Gasteiger partial charge on any atom is -0.481 e. The van der Waals surface area contributed by atoms with Crippen molar-refractivity contribution >= 4 is 70.0 Å². The van der Waals surface area contributed by atoms with Crippen LogP contribution in [0.2, 0.25) is 0 Å². The highest BCUT2D eigenvalue weighted by atomic mass is 16.5. The molecule has 0 saturated carbocycles. The zero-order valence-electron chi connectivity index (χ0n) is 38.6. The van der Waals surface area contributed by atoms with Gasteiger partial charge in [-0.1, -0.05) is 24.3 Å². The van der Waals surface area contributed by atoms with E-state index in [-0.39, 0.29) is 26.3 Å². The number of aliphatic imine (C=N–C) groups is 2. The predicted molar refractivity (Wildman–Crippen MR) is 254 cm³/mol. The van der Waals surface area contributed by atoms with Crippen LogP contribution in [0.1, 0.15) is 61.1 Å². The van der Waals surface area contributed by atoms with E-state index in [4.69, 9.17) is 25.7 Å². The number of carboxylic acids is 1. The van der Waals surface area contributed by atoms with Gasteiger partial charge in [-0.3, -0.25) is 38.8 Å². The van der Waals surface area contributed by atoms with Crippen LogP contribution in [0.25, 0.3) is 0 Å². The Labute approximate surface area is 396 Å². The average Bonchev–Trinajstić information content (AvgIpc) is 3.90. The number of fused-ring (bicyclic) bond motifs is 2. The van der Waals surface area contributed by atoms with Crippen molar-refractivity contribution in [2.45, 2.75) is 76.0 Å². The van der Waals surface area contributed by atoms with Crippen LogP contribution in [-0.4, -0.2) is 120 Å². The number of hydrogen-bond donors (Lipinski definition) is 7. The third-order valence-corrected chi connectivity index (χ3v) is 12.5. The standard InChI is InChI=1S/C25H28N4O6.C24H26N4O6/c1-25(2,24(33)34-3)15-5-4-6-17(12-15)29-9-10-35-20(23(29)32)19(30)22(31)28-16-7-8-18-14(11-16)13-27-21(18)26;1-24(2,23(32)33)14-4-3-5-16(11-14)28-8-9-34-19(22(28)31)18(29)21(30)27-15-6-7-17-13(10-15)12-26-20(17)25/h4-8,11-12,19-20,30H,9-10,13H2,1-3H3,(H2,26,27)(H,28,31);3-7,10-11,18-19,29H,8-9,12H2,1-2H3,(H2,25,26)(H,27,30)(H,32,33)/t19-,20-;18-,19-/m11/s1. The van der Waals surface area contributed by atoms with Gasteiger partial charge in [0, 0.05) is 47.0 Å². The number of amidine groups is 2. The Balaban J connectivity index is 0.000000204. The van der Waals surface area contributed by atoms with Crippen molar-refractivity contribution in [1.82, 2.24) is 0 Å². The number of carboxylic acid groups (broad SMARTS) is 1. The molecule has 0 radical (unpaired) electrons. The van der Waals surface area contributed by atoms with E-state index in [0.29, 0.717) is 58.6 Å². The van der Waals surface area contributed by atoms with Crippen molar-refractivity contribution in [2.24, 2.45) is 21.5 Å². The molecule has 20 nitrogen and oxygen atoms in total. The molecule has 0 aliphatic carbocycles. The number of methoxy groups -OCH3 is 1. The largest absolute Gasteiger partial charge is 0.481 e. The summed E-state index contributed by atoms with van der Waals surface area (Å²) in [6, 6.07) is 23.8. The van der Waals surface area contributed by atoms with Crippen LogP contribution in [0.5, 0.6) is 0 Å². The van der Waals surface area contributed by atoms with Crippen molar-refractivity contribution in [2.75, 3.05) is 53.8 Å². The van der Waals surface area contributed by atoms with Gasteiger partial charge in [-0.2, -0.15) is 0 Å². The fraction of sp³-hybridized carbons (Fsp3) is 0.347. The van der Waals surface area contributed by atoms with E-state index >= 15 is 0 Å². The smallest absolute Gasteiger partial charge is 0.315 e. The number of nitrogens with one attached hydrogen (secondary N) is 2. The molecule has 0 spiro atoms. The highest BCUT2D eigenvalue weighted by molar-refractivity contribution is 6.06. The maximum absolute atomic E-state index is 13.2. The molecule has 2 fully saturated rings. The average molecular weight is 947 g/mol. The molecular formula is C49H54N8O12. The molecule has 4 aliphatic heterocycles. The molecule has 4 heterocycles. The maximum Gasteiger partial charge on any atom is 0.315 e. The first-order valence-corrected chi connectivity index (χ1v) is 22.0. The first-order chi connectivity index (χ1) is 32.7. The fourth-order valence-electron chi connectivity index (χ4n) is 8.12. The first-order valence-electron chi connectivity index (χ1n) is 22.0. The summed E-state index contributed by atoms with van der Waals surface area (Å²) in [6.45, 7) is 8.10. The number of carbonyl (C=O) groups excluding carboxylic acids is 5. The summed E-state index contributed by atoms with van der Waals surface area (Å²) in [7, 11) is 1.32. The molecule has 2 saturated heterocycles. The van der Waals surface area contributed by atoms with Gasteiger partial charge in [0.05, 0.1) is 44.2 Å². The minimum absolute atomic E-state index is 0.1000. The van der Waals surface area contributed by atoms with E-state index in [1.807, 2.05) is 0 Å². The molecule has 0 aromatic heterocycles. The number of carbonyl (C=O) groups is 6. The second-order valence-electron chi connectivity index (χ2n) is 17.7. The number of anilines is 4. The monoisotopic (exact) mass is 946 g/mol. The van der Waals surface area contributed by atoms with Gasteiger partial charge < -0.3 is 61.4 Å². The molecule has 4 aliphatic rings. The van der Waals surface area contributed by atoms with Crippen molar-refractivity contribution in [3.8, 4) is 0 Å². The van der Waals surface area contributed by atoms with Crippen LogP contribution in [0.3, 0.4) is 0 Å². The molecule has 0 bridgehead atoms. The van der Waals surface area contributed by atoms with Crippen molar-refractivity contribution in [1.29, 1.82) is 0 Å². The van der Waals surface area contributed by atoms with Crippen LogP contribution in [0, 0.1) is 0 Å². The Bertz CT molecular complexity index is 2770. The number of rotatable bonds is 12. The number of nitrogens with two attached hydrogens (primary N) is 2. The molecule has 4 aromatic carbocycles. The molecule has 69 heavy (non-hydrogen) atoms. The molecule has 0 unspecified atom stereocenters. The van der Waals surface area contributed by atoms with Gasteiger partial charge in [-0.15, -0.1) is 0 Å². The summed E-state index contributed by atoms with van der Waals surface area (Å²) < 4.78 is 15.8. The molecule has 9 N–H and O–H groups in total. The summed E-state index contributed by atoms with van der Waals surface area (Å²) in [5, 5.41) is 36.0. The Kier molecular flexibility index (Phi) is 14.3. The molecule has 8 rings (SSSR count). The van der Waals surface area contributed by atoms with Gasteiger partial charge in [0.25, 0.3) is 23.6 Å². The number of ether oxygens (including phenoxy) is 3. The SMILES string of the molecule is CC(C)(C(=O)O)c1cccc(N2CCO[C@H]([C@@H](O)C(=O)Nc3ccc4c(c3)CN=C4N)C2=O)c1.COC(=O)C(C)(C)c1cccc(N2CCO[C@H]([C@@H](O)C(=O)Nc3ccc4c(c3)CN=C4N)C2=O)c1. The van der Waals surface area contributed by atoms with E-state index in [2.05, 4.69) is 20.6 Å². The van der Waals surface area contributed by atoms with E-state index in [9.17, 15) is 44.1 Å². The van der Waals surface area contributed by atoms with Gasteiger partial charge >= 0.3 is 11.9 Å². The van der Waals surface area contributed by atoms with E-state index in [1.165, 1.54) is 16.9 Å². The summed E-state index contributed by atoms with van der Waals surface area (Å²) in [5.41, 5.74) is 15.9. The highest BCUT2D eigenvalue weighted by Gasteiger charge is 2.42. The third-order valence-electron chi connectivity index (χ3n) is 12.5. The summed E-state index contributed by atoms with van der Waals surface area (Å²) in [6.07, 6.45) is -6.26. The fourth-order valence-corrected chi connectivity index (χ4v) is 8.12. The Morgan fingerprint density at radius 1 is 0.681 bits per heavy atom. The maximum atomic E-state index is 13.2. The first kappa shape index (κ1) is 49.4. The van der Waals surface area contributed by atoms with Crippen LogP contribution in [0.15, 0.2) is 94.9 Å². The predicted octanol–water partition coefficient (Wildman–Crippen LogP) is 2.09. The number of aliphatic hydroxyl groups is 2. The van der Waals surface area contributed by atoms with Crippen LogP contribution < -0.4 is 31.9 Å². The topological polar surface area (TPSA) is 298 Å². The zero-order valence-corrected chi connectivity index (χ0v) is 38.6.